The van der Waals surface area contributed by atoms with Crippen molar-refractivity contribution in [1.29, 1.82) is 0 Å². The third-order valence-corrected chi connectivity index (χ3v) is 7.61. The molecule has 1 amide bonds. The summed E-state index contributed by atoms with van der Waals surface area (Å²) in [7, 11) is 0. The number of carbonyl (C=O) groups is 1. The summed E-state index contributed by atoms with van der Waals surface area (Å²) in [5, 5.41) is 8.88. The highest BCUT2D eigenvalue weighted by atomic mass is 16.2. The molecule has 1 aromatic carbocycles. The summed E-state index contributed by atoms with van der Waals surface area (Å²) in [5.41, 5.74) is 4.53. The number of fused-ring (bicyclic) bond motifs is 1. The van der Waals surface area contributed by atoms with Crippen molar-refractivity contribution in [3.05, 3.63) is 60.0 Å². The number of carbonyl (C=O) groups excluding carboxylic acids is 1. The summed E-state index contributed by atoms with van der Waals surface area (Å²) in [6.07, 6.45) is 6.70. The smallest absolute Gasteiger partial charge is 0.225 e. The highest BCUT2D eigenvalue weighted by Gasteiger charge is 2.31. The Balaban J connectivity index is 1.03. The number of anilines is 2. The van der Waals surface area contributed by atoms with Gasteiger partial charge in [-0.2, -0.15) is 5.10 Å². The summed E-state index contributed by atoms with van der Waals surface area (Å²) >= 11 is 0. The van der Waals surface area contributed by atoms with E-state index in [1.54, 1.807) is 6.33 Å². The zero-order valence-corrected chi connectivity index (χ0v) is 20.0. The lowest BCUT2D eigenvalue weighted by Crippen LogP contribution is -2.52. The van der Waals surface area contributed by atoms with Crippen LogP contribution in [-0.4, -0.2) is 70.2 Å². The van der Waals surface area contributed by atoms with Gasteiger partial charge in [-0.1, -0.05) is 30.3 Å². The monoisotopic (exact) mass is 469 g/mol. The standard InChI is InChI=1S/C27H31N7O/c35-27(34-15-13-33(14-16-34)26-17-22-7-4-8-23(22)30-31-26)21-9-11-32(12-10-21)25-18-24(28-19-29-25)20-5-2-1-3-6-20/h1-3,5-6,17-19,21H,4,7-16H2. The lowest BCUT2D eigenvalue weighted by atomic mass is 9.95. The number of piperidine rings is 1. The van der Waals surface area contributed by atoms with Gasteiger partial charge in [0.15, 0.2) is 5.82 Å². The Hall–Kier alpha value is -3.55. The van der Waals surface area contributed by atoms with Crippen LogP contribution in [-0.2, 0) is 17.6 Å². The molecule has 6 rings (SSSR count). The summed E-state index contributed by atoms with van der Waals surface area (Å²) in [6.45, 7) is 4.83. The second-order valence-electron chi connectivity index (χ2n) is 9.73. The molecule has 2 saturated heterocycles. The molecule has 8 nitrogen and oxygen atoms in total. The molecule has 0 N–H and O–H groups in total. The zero-order chi connectivity index (χ0) is 23.6. The van der Waals surface area contributed by atoms with Gasteiger partial charge in [0.1, 0.15) is 12.1 Å². The molecule has 0 spiro atoms. The van der Waals surface area contributed by atoms with E-state index in [0.29, 0.717) is 5.91 Å². The quantitative estimate of drug-likeness (QED) is 0.581. The van der Waals surface area contributed by atoms with Crippen molar-refractivity contribution in [1.82, 2.24) is 25.1 Å². The highest BCUT2D eigenvalue weighted by molar-refractivity contribution is 5.79. The average Bonchev–Trinajstić information content (AvgIpc) is 3.42. The zero-order valence-electron chi connectivity index (χ0n) is 20.0. The fourth-order valence-corrected chi connectivity index (χ4v) is 5.53. The predicted molar refractivity (Wildman–Crippen MR) is 135 cm³/mol. The normalized spacial score (nSPS) is 18.6. The minimum absolute atomic E-state index is 0.0908. The Morgan fingerprint density at radius 2 is 1.57 bits per heavy atom. The van der Waals surface area contributed by atoms with Crippen LogP contribution in [0.2, 0.25) is 0 Å². The Morgan fingerprint density at radius 3 is 2.37 bits per heavy atom. The van der Waals surface area contributed by atoms with Crippen LogP contribution in [0.5, 0.6) is 0 Å². The molecule has 180 valence electrons. The summed E-state index contributed by atoms with van der Waals surface area (Å²) in [5.74, 6) is 2.30. The van der Waals surface area contributed by atoms with E-state index in [1.807, 2.05) is 18.2 Å². The number of aromatic nitrogens is 4. The number of aryl methyl sites for hydroxylation is 2. The molecule has 0 radical (unpaired) electrons. The topological polar surface area (TPSA) is 78.4 Å². The molecule has 4 heterocycles. The summed E-state index contributed by atoms with van der Waals surface area (Å²) < 4.78 is 0. The Morgan fingerprint density at radius 1 is 0.800 bits per heavy atom. The number of amides is 1. The van der Waals surface area contributed by atoms with Crippen molar-refractivity contribution in [2.24, 2.45) is 5.92 Å². The molecular weight excluding hydrogens is 438 g/mol. The van der Waals surface area contributed by atoms with Crippen LogP contribution in [0.15, 0.2) is 48.8 Å². The molecule has 2 aromatic heterocycles. The van der Waals surface area contributed by atoms with Crippen LogP contribution in [0.1, 0.15) is 30.5 Å². The van der Waals surface area contributed by atoms with E-state index < -0.39 is 0 Å². The number of hydrogen-bond donors (Lipinski definition) is 0. The van der Waals surface area contributed by atoms with Gasteiger partial charge in [-0.3, -0.25) is 4.79 Å². The molecule has 8 heteroatoms. The first-order chi connectivity index (χ1) is 17.2. The van der Waals surface area contributed by atoms with Crippen molar-refractivity contribution in [3.8, 4) is 11.3 Å². The van der Waals surface area contributed by atoms with Crippen LogP contribution >= 0.6 is 0 Å². The molecular formula is C27H31N7O. The fourth-order valence-electron chi connectivity index (χ4n) is 5.53. The Labute approximate surface area is 206 Å². The molecule has 0 bridgehead atoms. The van der Waals surface area contributed by atoms with E-state index in [-0.39, 0.29) is 5.92 Å². The van der Waals surface area contributed by atoms with Crippen molar-refractivity contribution in [3.63, 3.8) is 0 Å². The van der Waals surface area contributed by atoms with Gasteiger partial charge in [-0.05, 0) is 43.7 Å². The van der Waals surface area contributed by atoms with E-state index in [0.717, 1.165) is 93.5 Å². The maximum Gasteiger partial charge on any atom is 0.225 e. The van der Waals surface area contributed by atoms with E-state index in [1.165, 1.54) is 12.0 Å². The molecule has 0 atom stereocenters. The Kier molecular flexibility index (Phi) is 6.02. The highest BCUT2D eigenvalue weighted by Crippen LogP contribution is 2.27. The van der Waals surface area contributed by atoms with Crippen LogP contribution < -0.4 is 9.80 Å². The van der Waals surface area contributed by atoms with Crippen LogP contribution in [0, 0.1) is 5.92 Å². The molecule has 3 aliphatic rings. The van der Waals surface area contributed by atoms with E-state index >= 15 is 0 Å². The van der Waals surface area contributed by atoms with Crippen LogP contribution in [0.4, 0.5) is 11.6 Å². The molecule has 2 aliphatic heterocycles. The minimum Gasteiger partial charge on any atom is -0.356 e. The van der Waals surface area contributed by atoms with Gasteiger partial charge >= 0.3 is 0 Å². The number of hydrogen-bond acceptors (Lipinski definition) is 7. The van der Waals surface area contributed by atoms with Gasteiger partial charge in [0.05, 0.1) is 11.4 Å². The Bertz CT molecular complexity index is 1190. The average molecular weight is 470 g/mol. The maximum absolute atomic E-state index is 13.3. The molecule has 0 saturated carbocycles. The molecule has 35 heavy (non-hydrogen) atoms. The van der Waals surface area contributed by atoms with E-state index in [2.05, 4.69) is 59.1 Å². The first kappa shape index (κ1) is 21.9. The lowest BCUT2D eigenvalue weighted by molar-refractivity contribution is -0.136. The van der Waals surface area contributed by atoms with Crippen molar-refractivity contribution in [2.75, 3.05) is 49.1 Å². The van der Waals surface area contributed by atoms with Gasteiger partial charge < -0.3 is 14.7 Å². The number of benzene rings is 1. The SMILES string of the molecule is O=C(C1CCN(c2cc(-c3ccccc3)ncn2)CC1)N1CCN(c2cc3c(nn2)CCC3)CC1. The van der Waals surface area contributed by atoms with Gasteiger partial charge in [-0.25, -0.2) is 9.97 Å². The first-order valence-electron chi connectivity index (χ1n) is 12.8. The van der Waals surface area contributed by atoms with Crippen LogP contribution in [0.3, 0.4) is 0 Å². The fraction of sp³-hybridized carbons (Fsp3) is 0.444. The van der Waals surface area contributed by atoms with Gasteiger partial charge in [-0.15, -0.1) is 5.10 Å². The van der Waals surface area contributed by atoms with Gasteiger partial charge in [0.2, 0.25) is 5.91 Å². The number of rotatable bonds is 4. The van der Waals surface area contributed by atoms with Gasteiger partial charge in [0, 0.05) is 56.8 Å². The molecule has 1 aliphatic carbocycles. The van der Waals surface area contributed by atoms with E-state index in [9.17, 15) is 4.79 Å². The maximum atomic E-state index is 13.3. The first-order valence-corrected chi connectivity index (χ1v) is 12.8. The predicted octanol–water partition coefficient (Wildman–Crippen LogP) is 2.99. The summed E-state index contributed by atoms with van der Waals surface area (Å²) in [6, 6.07) is 14.4. The lowest BCUT2D eigenvalue weighted by Gasteiger charge is -2.39. The van der Waals surface area contributed by atoms with E-state index in [4.69, 9.17) is 0 Å². The number of piperazine rings is 1. The second-order valence-corrected chi connectivity index (χ2v) is 9.73. The number of nitrogens with zero attached hydrogens (tertiary/aromatic N) is 7. The van der Waals surface area contributed by atoms with Crippen molar-refractivity contribution >= 4 is 17.5 Å². The summed E-state index contributed by atoms with van der Waals surface area (Å²) in [4.78, 5) is 28.8. The largest absolute Gasteiger partial charge is 0.356 e. The minimum atomic E-state index is 0.0908. The van der Waals surface area contributed by atoms with Crippen LogP contribution in [0.25, 0.3) is 11.3 Å². The molecule has 0 unspecified atom stereocenters. The molecule has 3 aromatic rings. The second kappa shape index (κ2) is 9.60. The van der Waals surface area contributed by atoms with Crippen molar-refractivity contribution < 1.29 is 4.79 Å². The van der Waals surface area contributed by atoms with Gasteiger partial charge in [0.25, 0.3) is 0 Å². The third kappa shape index (κ3) is 4.57. The molecule has 2 fully saturated rings. The third-order valence-electron chi connectivity index (χ3n) is 7.61. The van der Waals surface area contributed by atoms with Crippen molar-refractivity contribution in [2.45, 2.75) is 32.1 Å².